The van der Waals surface area contributed by atoms with Crippen molar-refractivity contribution in [1.82, 2.24) is 24.7 Å². The van der Waals surface area contributed by atoms with Gasteiger partial charge in [0.1, 0.15) is 5.01 Å². The van der Waals surface area contributed by atoms with Crippen molar-refractivity contribution in [2.75, 3.05) is 6.54 Å². The number of fused-ring (bicyclic) bond motifs is 2. The van der Waals surface area contributed by atoms with Crippen LogP contribution in [0.25, 0.3) is 16.3 Å². The van der Waals surface area contributed by atoms with Gasteiger partial charge in [-0.25, -0.2) is 0 Å². The zero-order valence-corrected chi connectivity index (χ0v) is 18.3. The predicted octanol–water partition coefficient (Wildman–Crippen LogP) is 3.99. The molecule has 7 nitrogen and oxygen atoms in total. The van der Waals surface area contributed by atoms with Gasteiger partial charge in [-0.2, -0.15) is 9.61 Å². The molecule has 8 heteroatoms. The van der Waals surface area contributed by atoms with E-state index in [2.05, 4.69) is 48.2 Å². The molecular weight excluding hydrogens is 410 g/mol. The monoisotopic (exact) mass is 431 g/mol. The topological polar surface area (TPSA) is 80.5 Å². The highest BCUT2D eigenvalue weighted by Crippen LogP contribution is 2.27. The zero-order valence-electron chi connectivity index (χ0n) is 17.5. The number of hydrogen-bond acceptors (Lipinski definition) is 6. The summed E-state index contributed by atoms with van der Waals surface area (Å²) in [7, 11) is 0. The van der Waals surface area contributed by atoms with Gasteiger partial charge >= 0.3 is 0 Å². The Bertz CT molecular complexity index is 1280. The number of rotatable bonds is 4. The van der Waals surface area contributed by atoms with Crippen molar-refractivity contribution >= 4 is 28.1 Å². The Balaban J connectivity index is 1.36. The molecule has 0 spiro atoms. The van der Waals surface area contributed by atoms with Crippen molar-refractivity contribution < 1.29 is 9.59 Å². The number of nitrogens with zero attached hydrogens (tertiary/aromatic N) is 5. The molecule has 4 aromatic rings. The summed E-state index contributed by atoms with van der Waals surface area (Å²) in [6.45, 7) is 6.82. The van der Waals surface area contributed by atoms with Crippen LogP contribution in [0.2, 0.25) is 0 Å². The molecule has 0 radical (unpaired) electrons. The number of carbonyl (C=O) groups excluding carboxylic acids is 2. The van der Waals surface area contributed by atoms with E-state index in [1.807, 2.05) is 12.1 Å². The molecule has 0 fully saturated rings. The van der Waals surface area contributed by atoms with Gasteiger partial charge in [0.25, 0.3) is 11.8 Å². The summed E-state index contributed by atoms with van der Waals surface area (Å²) in [4.78, 5) is 27.1. The number of hydrogen-bond donors (Lipinski definition) is 0. The van der Waals surface area contributed by atoms with Crippen molar-refractivity contribution in [3.63, 3.8) is 0 Å². The standard InChI is InChI=1S/C23H21N5O2S/c1-23(2,3)15-10-8-14(9-11-15)19-24-25-22-28(19)26-18(31-22)12-13-27-20(29)16-6-4-5-7-17(16)21(27)30/h4-11H,12-13H2,1-3H3. The fourth-order valence-electron chi connectivity index (χ4n) is 3.71. The average Bonchev–Trinajstić information content (AvgIpc) is 3.39. The predicted molar refractivity (Wildman–Crippen MR) is 118 cm³/mol. The summed E-state index contributed by atoms with van der Waals surface area (Å²) < 4.78 is 1.73. The maximum absolute atomic E-state index is 12.5. The van der Waals surface area contributed by atoms with E-state index in [9.17, 15) is 9.59 Å². The van der Waals surface area contributed by atoms with Crippen LogP contribution >= 0.6 is 11.3 Å². The Morgan fingerprint density at radius 3 is 2.16 bits per heavy atom. The first-order valence-electron chi connectivity index (χ1n) is 10.1. The minimum Gasteiger partial charge on any atom is -0.274 e. The first-order valence-corrected chi connectivity index (χ1v) is 10.9. The Kier molecular flexibility index (Phi) is 4.48. The van der Waals surface area contributed by atoms with Crippen LogP contribution in [0.15, 0.2) is 48.5 Å². The van der Waals surface area contributed by atoms with E-state index in [0.29, 0.717) is 28.3 Å². The molecule has 0 saturated heterocycles. The highest BCUT2D eigenvalue weighted by Gasteiger charge is 2.34. The Morgan fingerprint density at radius 1 is 0.903 bits per heavy atom. The molecular formula is C23H21N5O2S. The van der Waals surface area contributed by atoms with Crippen LogP contribution in [0.3, 0.4) is 0 Å². The van der Waals surface area contributed by atoms with Gasteiger partial charge < -0.3 is 0 Å². The van der Waals surface area contributed by atoms with Gasteiger partial charge in [0.05, 0.1) is 11.1 Å². The fraction of sp³-hybridized carbons (Fsp3) is 0.261. The summed E-state index contributed by atoms with van der Waals surface area (Å²) in [6.07, 6.45) is 0.474. The van der Waals surface area contributed by atoms with E-state index >= 15 is 0 Å². The molecule has 2 aromatic carbocycles. The minimum atomic E-state index is -0.247. The number of carbonyl (C=O) groups is 2. The molecule has 2 aromatic heterocycles. The number of amides is 2. The van der Waals surface area contributed by atoms with E-state index in [0.717, 1.165) is 10.6 Å². The normalized spacial score (nSPS) is 14.0. The van der Waals surface area contributed by atoms with E-state index in [-0.39, 0.29) is 23.8 Å². The number of imide groups is 1. The van der Waals surface area contributed by atoms with Crippen molar-refractivity contribution in [3.05, 3.63) is 70.2 Å². The Hall–Kier alpha value is -3.39. The lowest BCUT2D eigenvalue weighted by molar-refractivity contribution is 0.0656. The van der Waals surface area contributed by atoms with E-state index < -0.39 is 0 Å². The summed E-state index contributed by atoms with van der Waals surface area (Å²) in [5, 5.41) is 14.0. The molecule has 1 aliphatic rings. The van der Waals surface area contributed by atoms with Crippen molar-refractivity contribution in [1.29, 1.82) is 0 Å². The second kappa shape index (κ2) is 7.09. The average molecular weight is 432 g/mol. The van der Waals surface area contributed by atoms with Crippen LogP contribution in [-0.4, -0.2) is 43.1 Å². The summed E-state index contributed by atoms with van der Waals surface area (Å²) in [5.41, 5.74) is 3.20. The van der Waals surface area contributed by atoms with Crippen molar-refractivity contribution in [3.8, 4) is 11.4 Å². The van der Waals surface area contributed by atoms with E-state index in [1.165, 1.54) is 21.8 Å². The third-order valence-electron chi connectivity index (χ3n) is 5.47. The van der Waals surface area contributed by atoms with Crippen LogP contribution in [0.4, 0.5) is 0 Å². The largest absolute Gasteiger partial charge is 0.274 e. The lowest BCUT2D eigenvalue weighted by atomic mass is 9.87. The number of benzene rings is 2. The van der Waals surface area contributed by atoms with Gasteiger partial charge in [-0.05, 0) is 23.1 Å². The van der Waals surface area contributed by atoms with Gasteiger partial charge in [-0.1, -0.05) is 68.5 Å². The first kappa shape index (κ1) is 19.6. The van der Waals surface area contributed by atoms with E-state index in [4.69, 9.17) is 0 Å². The highest BCUT2D eigenvalue weighted by atomic mass is 32.1. The third-order valence-corrected chi connectivity index (χ3v) is 6.43. The van der Waals surface area contributed by atoms with Gasteiger partial charge in [0.15, 0.2) is 5.82 Å². The van der Waals surface area contributed by atoms with Crippen molar-refractivity contribution in [2.45, 2.75) is 32.6 Å². The lowest BCUT2D eigenvalue weighted by Gasteiger charge is -2.18. The second-order valence-electron chi connectivity index (χ2n) is 8.60. The smallest absolute Gasteiger partial charge is 0.261 e. The van der Waals surface area contributed by atoms with Gasteiger partial charge in [0, 0.05) is 18.5 Å². The summed E-state index contributed by atoms with van der Waals surface area (Å²) in [5.74, 6) is 0.185. The maximum atomic E-state index is 12.5. The van der Waals surface area contributed by atoms with E-state index in [1.54, 1.807) is 28.8 Å². The molecule has 0 bridgehead atoms. The minimum absolute atomic E-state index is 0.0800. The SMILES string of the molecule is CC(C)(C)c1ccc(-c2nnc3sc(CCN4C(=O)c5ccccc5C4=O)nn23)cc1. The molecule has 3 heterocycles. The van der Waals surface area contributed by atoms with Crippen molar-refractivity contribution in [2.24, 2.45) is 0 Å². The molecule has 0 saturated carbocycles. The number of aromatic nitrogens is 4. The molecule has 0 atom stereocenters. The first-order chi connectivity index (χ1) is 14.8. The van der Waals surface area contributed by atoms with Crippen LogP contribution in [0.5, 0.6) is 0 Å². The summed E-state index contributed by atoms with van der Waals surface area (Å²) >= 11 is 1.42. The third kappa shape index (κ3) is 3.33. The summed E-state index contributed by atoms with van der Waals surface area (Å²) in [6, 6.07) is 15.2. The molecule has 2 amide bonds. The lowest BCUT2D eigenvalue weighted by Crippen LogP contribution is -2.31. The molecule has 31 heavy (non-hydrogen) atoms. The molecule has 0 aliphatic carbocycles. The maximum Gasteiger partial charge on any atom is 0.261 e. The Labute approximate surface area is 183 Å². The molecule has 0 N–H and O–H groups in total. The fourth-order valence-corrected chi connectivity index (χ4v) is 4.53. The van der Waals surface area contributed by atoms with Gasteiger partial charge in [-0.15, -0.1) is 10.2 Å². The molecule has 5 rings (SSSR count). The highest BCUT2D eigenvalue weighted by molar-refractivity contribution is 7.16. The van der Waals surface area contributed by atoms with Crippen LogP contribution in [0.1, 0.15) is 52.1 Å². The van der Waals surface area contributed by atoms with Gasteiger partial charge in [-0.3, -0.25) is 14.5 Å². The second-order valence-corrected chi connectivity index (χ2v) is 9.64. The van der Waals surface area contributed by atoms with Gasteiger partial charge in [0.2, 0.25) is 4.96 Å². The quantitative estimate of drug-likeness (QED) is 0.457. The van der Waals surface area contributed by atoms with Crippen LogP contribution < -0.4 is 0 Å². The Morgan fingerprint density at radius 2 is 1.55 bits per heavy atom. The van der Waals surface area contributed by atoms with Crippen LogP contribution in [0, 0.1) is 0 Å². The zero-order chi connectivity index (χ0) is 21.8. The van der Waals surface area contributed by atoms with Crippen LogP contribution in [-0.2, 0) is 11.8 Å². The molecule has 0 unspecified atom stereocenters. The molecule has 156 valence electrons. The molecule has 1 aliphatic heterocycles.